The van der Waals surface area contributed by atoms with Crippen LogP contribution in [0, 0.1) is 3.57 Å². The standard InChI is InChI=1S/C15H22INO2/c1-3-4-5-6-7-11(2)19-15(18)13-10-12(16)8-9-14(13)17/h8-11H,3-7,17H2,1-2H3. The Hall–Kier alpha value is -0.780. The normalized spacial score (nSPS) is 12.2. The van der Waals surface area contributed by atoms with Gasteiger partial charge in [0.25, 0.3) is 0 Å². The maximum atomic E-state index is 12.0. The molecule has 0 aliphatic carbocycles. The molecular weight excluding hydrogens is 353 g/mol. The Balaban J connectivity index is 2.47. The van der Waals surface area contributed by atoms with Crippen LogP contribution in [0.5, 0.6) is 0 Å². The van der Waals surface area contributed by atoms with E-state index in [-0.39, 0.29) is 12.1 Å². The molecule has 1 aromatic rings. The van der Waals surface area contributed by atoms with Gasteiger partial charge in [-0.25, -0.2) is 4.79 Å². The van der Waals surface area contributed by atoms with Crippen molar-refractivity contribution < 1.29 is 9.53 Å². The Bertz CT molecular complexity index is 421. The highest BCUT2D eigenvalue weighted by atomic mass is 127. The van der Waals surface area contributed by atoms with Crippen molar-refractivity contribution in [1.82, 2.24) is 0 Å². The summed E-state index contributed by atoms with van der Waals surface area (Å²) in [5.41, 5.74) is 6.74. The van der Waals surface area contributed by atoms with Gasteiger partial charge in [-0.1, -0.05) is 26.2 Å². The van der Waals surface area contributed by atoms with E-state index in [4.69, 9.17) is 10.5 Å². The average Bonchev–Trinajstić information content (AvgIpc) is 2.37. The lowest BCUT2D eigenvalue weighted by Crippen LogP contribution is -2.16. The summed E-state index contributed by atoms with van der Waals surface area (Å²) in [6.07, 6.45) is 5.61. The minimum absolute atomic E-state index is 0.0541. The van der Waals surface area contributed by atoms with Gasteiger partial charge in [0.15, 0.2) is 0 Å². The molecule has 1 rings (SSSR count). The molecule has 0 aliphatic rings. The van der Waals surface area contributed by atoms with E-state index >= 15 is 0 Å². The molecule has 3 nitrogen and oxygen atoms in total. The Morgan fingerprint density at radius 3 is 2.79 bits per heavy atom. The van der Waals surface area contributed by atoms with Crippen molar-refractivity contribution in [2.75, 3.05) is 5.73 Å². The lowest BCUT2D eigenvalue weighted by atomic mass is 10.1. The lowest BCUT2D eigenvalue weighted by Gasteiger charge is -2.14. The van der Waals surface area contributed by atoms with Crippen molar-refractivity contribution >= 4 is 34.2 Å². The molecule has 0 aromatic heterocycles. The summed E-state index contributed by atoms with van der Waals surface area (Å²) in [5, 5.41) is 0. The number of esters is 1. The molecule has 2 N–H and O–H groups in total. The van der Waals surface area contributed by atoms with Gasteiger partial charge < -0.3 is 10.5 Å². The van der Waals surface area contributed by atoms with Crippen molar-refractivity contribution in [1.29, 1.82) is 0 Å². The van der Waals surface area contributed by atoms with Crippen LogP contribution in [0.3, 0.4) is 0 Å². The number of benzene rings is 1. The number of unbranched alkanes of at least 4 members (excludes halogenated alkanes) is 3. The first kappa shape index (κ1) is 16.3. The van der Waals surface area contributed by atoms with E-state index in [2.05, 4.69) is 29.5 Å². The largest absolute Gasteiger partial charge is 0.459 e. The summed E-state index contributed by atoms with van der Waals surface area (Å²) in [4.78, 5) is 12.0. The van der Waals surface area contributed by atoms with Crippen LogP contribution in [0.4, 0.5) is 5.69 Å². The number of anilines is 1. The van der Waals surface area contributed by atoms with Gasteiger partial charge in [0.2, 0.25) is 0 Å². The zero-order valence-corrected chi connectivity index (χ0v) is 13.8. The predicted octanol–water partition coefficient (Wildman–Crippen LogP) is 4.39. The fraction of sp³-hybridized carbons (Fsp3) is 0.533. The predicted molar refractivity (Wildman–Crippen MR) is 87.2 cm³/mol. The van der Waals surface area contributed by atoms with E-state index in [0.29, 0.717) is 11.3 Å². The van der Waals surface area contributed by atoms with Gasteiger partial charge in [-0.3, -0.25) is 0 Å². The third kappa shape index (κ3) is 5.80. The number of carbonyl (C=O) groups is 1. The molecule has 0 saturated carbocycles. The Morgan fingerprint density at radius 2 is 2.11 bits per heavy atom. The molecular formula is C15H22INO2. The second-order valence-corrected chi connectivity index (χ2v) is 6.04. The highest BCUT2D eigenvalue weighted by Crippen LogP contribution is 2.18. The van der Waals surface area contributed by atoms with Crippen LogP contribution >= 0.6 is 22.6 Å². The van der Waals surface area contributed by atoms with Gasteiger partial charge in [-0.15, -0.1) is 0 Å². The number of nitrogens with two attached hydrogens (primary N) is 1. The van der Waals surface area contributed by atoms with Crippen LogP contribution in [0.25, 0.3) is 0 Å². The monoisotopic (exact) mass is 375 g/mol. The van der Waals surface area contributed by atoms with E-state index < -0.39 is 0 Å². The number of carbonyl (C=O) groups excluding carboxylic acids is 1. The molecule has 1 aromatic carbocycles. The molecule has 1 atom stereocenters. The Kier molecular flexibility index (Phi) is 7.20. The van der Waals surface area contributed by atoms with E-state index in [9.17, 15) is 4.79 Å². The van der Waals surface area contributed by atoms with Crippen LogP contribution in [0.2, 0.25) is 0 Å². The molecule has 106 valence electrons. The fourth-order valence-corrected chi connectivity index (χ4v) is 2.36. The second kappa shape index (κ2) is 8.40. The lowest BCUT2D eigenvalue weighted by molar-refractivity contribution is 0.0320. The molecule has 0 heterocycles. The highest BCUT2D eigenvalue weighted by Gasteiger charge is 2.15. The summed E-state index contributed by atoms with van der Waals surface area (Å²) < 4.78 is 6.41. The van der Waals surface area contributed by atoms with Gasteiger partial charge in [0, 0.05) is 9.26 Å². The Morgan fingerprint density at radius 1 is 1.37 bits per heavy atom. The van der Waals surface area contributed by atoms with Crippen LogP contribution in [-0.4, -0.2) is 12.1 Å². The van der Waals surface area contributed by atoms with Gasteiger partial charge in [-0.05, 0) is 60.6 Å². The molecule has 0 fully saturated rings. The van der Waals surface area contributed by atoms with E-state index in [1.165, 1.54) is 19.3 Å². The fourth-order valence-electron chi connectivity index (χ4n) is 1.87. The summed E-state index contributed by atoms with van der Waals surface area (Å²) in [6, 6.07) is 5.38. The minimum Gasteiger partial charge on any atom is -0.459 e. The quantitative estimate of drug-likeness (QED) is 0.333. The molecule has 0 bridgehead atoms. The van der Waals surface area contributed by atoms with Crippen LogP contribution < -0.4 is 5.73 Å². The number of nitrogen functional groups attached to an aromatic ring is 1. The van der Waals surface area contributed by atoms with Gasteiger partial charge in [-0.2, -0.15) is 0 Å². The third-order valence-corrected chi connectivity index (χ3v) is 3.68. The number of ether oxygens (including phenoxy) is 1. The van der Waals surface area contributed by atoms with E-state index in [1.54, 1.807) is 12.1 Å². The van der Waals surface area contributed by atoms with Crippen molar-refractivity contribution in [2.24, 2.45) is 0 Å². The van der Waals surface area contributed by atoms with E-state index in [0.717, 1.165) is 16.4 Å². The SMILES string of the molecule is CCCCCCC(C)OC(=O)c1cc(I)ccc1N. The Labute approximate surface area is 129 Å². The third-order valence-electron chi connectivity index (χ3n) is 3.01. The second-order valence-electron chi connectivity index (χ2n) is 4.80. The van der Waals surface area contributed by atoms with E-state index in [1.807, 2.05) is 13.0 Å². The molecule has 0 aliphatic heterocycles. The number of hydrogen-bond donors (Lipinski definition) is 1. The summed E-state index contributed by atoms with van der Waals surface area (Å²) in [5.74, 6) is -0.320. The van der Waals surface area contributed by atoms with Gasteiger partial charge in [0.05, 0.1) is 11.7 Å². The van der Waals surface area contributed by atoms with Crippen LogP contribution in [0.1, 0.15) is 56.3 Å². The van der Waals surface area contributed by atoms with Crippen molar-refractivity contribution in [3.8, 4) is 0 Å². The van der Waals surface area contributed by atoms with Gasteiger partial charge in [0.1, 0.15) is 0 Å². The zero-order valence-electron chi connectivity index (χ0n) is 11.6. The van der Waals surface area contributed by atoms with Crippen molar-refractivity contribution in [3.63, 3.8) is 0 Å². The minimum atomic E-state index is -0.320. The molecule has 0 amide bonds. The molecule has 1 unspecified atom stereocenters. The van der Waals surface area contributed by atoms with Crippen LogP contribution in [-0.2, 0) is 4.74 Å². The highest BCUT2D eigenvalue weighted by molar-refractivity contribution is 14.1. The molecule has 0 spiro atoms. The van der Waals surface area contributed by atoms with Gasteiger partial charge >= 0.3 is 5.97 Å². The maximum absolute atomic E-state index is 12.0. The molecule has 19 heavy (non-hydrogen) atoms. The topological polar surface area (TPSA) is 52.3 Å². The first-order valence-corrected chi connectivity index (χ1v) is 7.88. The number of halogens is 1. The first-order valence-electron chi connectivity index (χ1n) is 6.80. The smallest absolute Gasteiger partial charge is 0.340 e. The molecule has 4 heteroatoms. The summed E-state index contributed by atoms with van der Waals surface area (Å²) >= 11 is 2.16. The number of hydrogen-bond acceptors (Lipinski definition) is 3. The summed E-state index contributed by atoms with van der Waals surface area (Å²) in [7, 11) is 0. The maximum Gasteiger partial charge on any atom is 0.340 e. The zero-order chi connectivity index (χ0) is 14.3. The molecule has 0 saturated heterocycles. The van der Waals surface area contributed by atoms with Crippen molar-refractivity contribution in [3.05, 3.63) is 27.3 Å². The van der Waals surface area contributed by atoms with Crippen LogP contribution in [0.15, 0.2) is 18.2 Å². The van der Waals surface area contributed by atoms with Crippen molar-refractivity contribution in [2.45, 2.75) is 52.1 Å². The summed E-state index contributed by atoms with van der Waals surface area (Å²) in [6.45, 7) is 4.12. The molecule has 0 radical (unpaired) electrons. The average molecular weight is 375 g/mol. The first-order chi connectivity index (χ1) is 9.04. The number of rotatable bonds is 7.